The van der Waals surface area contributed by atoms with Crippen LogP contribution in [0, 0.1) is 0 Å². The van der Waals surface area contributed by atoms with Crippen molar-refractivity contribution in [3.63, 3.8) is 0 Å². The summed E-state index contributed by atoms with van der Waals surface area (Å²) >= 11 is 1.44. The molecule has 1 saturated heterocycles. The quantitative estimate of drug-likeness (QED) is 0.305. The maximum absolute atomic E-state index is 9.65. The standard InChI is InChI=1S/C8H17NO5S/c10-3-4(11)5(12)6(13)7(14)8-9-1-2-15-8/h4-14H,1-3H2/t4-,5-,6-,7-,8-/m0/s1. The molecule has 0 aromatic carbocycles. The molecule has 1 fully saturated rings. The predicted molar refractivity (Wildman–Crippen MR) is 55.4 cm³/mol. The number of aliphatic hydroxyl groups excluding tert-OH is 5. The van der Waals surface area contributed by atoms with Gasteiger partial charge in [-0.15, -0.1) is 11.8 Å². The molecule has 7 heteroatoms. The molecule has 1 aliphatic heterocycles. The number of nitrogens with one attached hydrogen (secondary N) is 1. The van der Waals surface area contributed by atoms with Crippen molar-refractivity contribution >= 4 is 11.8 Å². The summed E-state index contributed by atoms with van der Waals surface area (Å²) in [5, 5.41) is 48.8. The molecular weight excluding hydrogens is 222 g/mol. The van der Waals surface area contributed by atoms with Crippen LogP contribution < -0.4 is 5.32 Å². The van der Waals surface area contributed by atoms with Crippen molar-refractivity contribution in [1.29, 1.82) is 0 Å². The lowest BCUT2D eigenvalue weighted by molar-refractivity contribution is -0.115. The average molecular weight is 239 g/mol. The van der Waals surface area contributed by atoms with Gasteiger partial charge < -0.3 is 30.8 Å². The van der Waals surface area contributed by atoms with E-state index in [1.165, 1.54) is 11.8 Å². The maximum atomic E-state index is 9.65. The average Bonchev–Trinajstić information content (AvgIpc) is 2.78. The number of thioether (sulfide) groups is 1. The minimum atomic E-state index is -1.55. The van der Waals surface area contributed by atoms with Gasteiger partial charge in [0, 0.05) is 12.3 Å². The molecule has 0 amide bonds. The van der Waals surface area contributed by atoms with E-state index in [9.17, 15) is 15.3 Å². The Hall–Kier alpha value is 0.110. The zero-order chi connectivity index (χ0) is 11.4. The Labute approximate surface area is 91.9 Å². The van der Waals surface area contributed by atoms with E-state index >= 15 is 0 Å². The van der Waals surface area contributed by atoms with Crippen molar-refractivity contribution < 1.29 is 25.5 Å². The van der Waals surface area contributed by atoms with Gasteiger partial charge in [-0.1, -0.05) is 0 Å². The maximum Gasteiger partial charge on any atom is 0.111 e. The second-order valence-electron chi connectivity index (χ2n) is 3.47. The summed E-state index contributed by atoms with van der Waals surface area (Å²) in [4.78, 5) is 0. The number of hydrogen-bond donors (Lipinski definition) is 6. The third-order valence-electron chi connectivity index (χ3n) is 2.34. The zero-order valence-electron chi connectivity index (χ0n) is 8.15. The normalized spacial score (nSPS) is 29.8. The first-order valence-corrected chi connectivity index (χ1v) is 5.81. The van der Waals surface area contributed by atoms with Gasteiger partial charge in [0.1, 0.15) is 24.4 Å². The molecule has 0 unspecified atom stereocenters. The third-order valence-corrected chi connectivity index (χ3v) is 3.58. The molecule has 0 spiro atoms. The monoisotopic (exact) mass is 239 g/mol. The summed E-state index contributed by atoms with van der Waals surface area (Å²) in [6, 6.07) is 0. The van der Waals surface area contributed by atoms with Crippen LogP contribution in [0.5, 0.6) is 0 Å². The Morgan fingerprint density at radius 3 is 2.33 bits per heavy atom. The second-order valence-corrected chi connectivity index (χ2v) is 4.72. The van der Waals surface area contributed by atoms with Crippen LogP contribution in [-0.2, 0) is 0 Å². The van der Waals surface area contributed by atoms with Gasteiger partial charge in [0.2, 0.25) is 0 Å². The van der Waals surface area contributed by atoms with Gasteiger partial charge >= 0.3 is 0 Å². The van der Waals surface area contributed by atoms with Crippen LogP contribution in [0.4, 0.5) is 0 Å². The summed E-state index contributed by atoms with van der Waals surface area (Å²) in [6.07, 6.45) is -5.64. The van der Waals surface area contributed by atoms with Gasteiger partial charge in [0.05, 0.1) is 12.0 Å². The Morgan fingerprint density at radius 2 is 1.87 bits per heavy atom. The Kier molecular flexibility index (Phi) is 5.27. The third kappa shape index (κ3) is 3.28. The summed E-state index contributed by atoms with van der Waals surface area (Å²) in [7, 11) is 0. The van der Waals surface area contributed by atoms with E-state index in [0.717, 1.165) is 12.3 Å². The molecule has 1 rings (SSSR count). The summed E-state index contributed by atoms with van der Waals surface area (Å²) in [5.41, 5.74) is 0. The Balaban J connectivity index is 2.46. The lowest BCUT2D eigenvalue weighted by atomic mass is 10.0. The molecule has 0 aromatic heterocycles. The lowest BCUT2D eigenvalue weighted by Gasteiger charge is -2.28. The Morgan fingerprint density at radius 1 is 1.20 bits per heavy atom. The van der Waals surface area contributed by atoms with Gasteiger partial charge in [-0.25, -0.2) is 0 Å². The smallest absolute Gasteiger partial charge is 0.111 e. The van der Waals surface area contributed by atoms with Crippen LogP contribution in [0.3, 0.4) is 0 Å². The highest BCUT2D eigenvalue weighted by molar-refractivity contribution is 8.00. The summed E-state index contributed by atoms with van der Waals surface area (Å²) in [6.45, 7) is 0.0773. The van der Waals surface area contributed by atoms with Gasteiger partial charge in [-0.2, -0.15) is 0 Å². The van der Waals surface area contributed by atoms with Crippen molar-refractivity contribution in [2.24, 2.45) is 0 Å². The first-order chi connectivity index (χ1) is 7.07. The molecule has 6 N–H and O–H groups in total. The fraction of sp³-hybridized carbons (Fsp3) is 1.00. The van der Waals surface area contributed by atoms with Crippen LogP contribution in [0.1, 0.15) is 0 Å². The van der Waals surface area contributed by atoms with E-state index in [1.54, 1.807) is 0 Å². The molecule has 0 aliphatic carbocycles. The fourth-order valence-electron chi connectivity index (χ4n) is 1.38. The van der Waals surface area contributed by atoms with Crippen molar-refractivity contribution in [3.8, 4) is 0 Å². The Bertz CT molecular complexity index is 190. The van der Waals surface area contributed by atoms with Crippen LogP contribution in [0.25, 0.3) is 0 Å². The molecule has 0 bridgehead atoms. The lowest BCUT2D eigenvalue weighted by Crippen LogP contribution is -2.51. The van der Waals surface area contributed by atoms with Gasteiger partial charge in [0.25, 0.3) is 0 Å². The molecule has 90 valence electrons. The molecule has 1 heterocycles. The van der Waals surface area contributed by atoms with Crippen molar-refractivity contribution in [3.05, 3.63) is 0 Å². The predicted octanol–water partition coefficient (Wildman–Crippen LogP) is -2.92. The number of hydrogen-bond acceptors (Lipinski definition) is 7. The molecule has 6 nitrogen and oxygen atoms in total. The molecule has 0 aromatic rings. The van der Waals surface area contributed by atoms with E-state index in [0.29, 0.717) is 0 Å². The van der Waals surface area contributed by atoms with Crippen LogP contribution in [0.15, 0.2) is 0 Å². The first kappa shape index (κ1) is 13.2. The van der Waals surface area contributed by atoms with Crippen molar-refractivity contribution in [2.45, 2.75) is 29.8 Å². The topological polar surface area (TPSA) is 113 Å². The van der Waals surface area contributed by atoms with Crippen LogP contribution >= 0.6 is 11.8 Å². The number of aliphatic hydroxyl groups is 5. The molecule has 5 atom stereocenters. The van der Waals surface area contributed by atoms with Crippen molar-refractivity contribution in [2.75, 3.05) is 18.9 Å². The SMILES string of the molecule is OC[C@H](O)[C@H](O)[C@H](O)[C@H](O)[C@H]1NCCS1. The highest BCUT2D eigenvalue weighted by atomic mass is 32.2. The van der Waals surface area contributed by atoms with E-state index in [4.69, 9.17) is 10.2 Å². The minimum Gasteiger partial charge on any atom is -0.394 e. The van der Waals surface area contributed by atoms with Gasteiger partial charge in [-0.05, 0) is 0 Å². The van der Waals surface area contributed by atoms with Gasteiger partial charge in [-0.3, -0.25) is 0 Å². The first-order valence-electron chi connectivity index (χ1n) is 4.76. The van der Waals surface area contributed by atoms with Crippen LogP contribution in [0.2, 0.25) is 0 Å². The van der Waals surface area contributed by atoms with Crippen LogP contribution in [-0.4, -0.2) is 74.2 Å². The highest BCUT2D eigenvalue weighted by Crippen LogP contribution is 2.20. The molecule has 0 saturated carbocycles. The summed E-state index contributed by atoms with van der Waals surface area (Å²) < 4.78 is 0. The minimum absolute atomic E-state index is 0.347. The van der Waals surface area contributed by atoms with Crippen molar-refractivity contribution in [1.82, 2.24) is 5.32 Å². The number of rotatable bonds is 5. The van der Waals surface area contributed by atoms with E-state index in [2.05, 4.69) is 5.32 Å². The van der Waals surface area contributed by atoms with E-state index < -0.39 is 31.0 Å². The van der Waals surface area contributed by atoms with Gasteiger partial charge in [0.15, 0.2) is 0 Å². The molecule has 0 radical (unpaired) electrons. The largest absolute Gasteiger partial charge is 0.394 e. The molecule has 1 aliphatic rings. The van der Waals surface area contributed by atoms with E-state index in [1.807, 2.05) is 0 Å². The van der Waals surface area contributed by atoms with E-state index in [-0.39, 0.29) is 5.37 Å². The zero-order valence-corrected chi connectivity index (χ0v) is 8.97. The highest BCUT2D eigenvalue weighted by Gasteiger charge is 2.35. The molecule has 15 heavy (non-hydrogen) atoms. The fourth-order valence-corrected chi connectivity index (χ4v) is 2.47. The second kappa shape index (κ2) is 6.00. The summed E-state index contributed by atoms with van der Waals surface area (Å²) in [5.74, 6) is 0.826. The molecular formula is C8H17NO5S.